The van der Waals surface area contributed by atoms with Gasteiger partial charge in [0.15, 0.2) is 0 Å². The standard InChI is InChI=1S/C12H13BrO/c1-2-3-12(14)9-6-10-4-7-11(13)8-5-10/h2,4-9,12,14H,1,3H2/b9-6+/t12-/m1/s1. The lowest BCUT2D eigenvalue weighted by Gasteiger charge is -1.99. The maximum absolute atomic E-state index is 9.40. The third-order valence-electron chi connectivity index (χ3n) is 1.79. The molecule has 1 aromatic rings. The normalized spacial score (nSPS) is 13.0. The Morgan fingerprint density at radius 2 is 2.00 bits per heavy atom. The highest BCUT2D eigenvalue weighted by Crippen LogP contribution is 2.11. The summed E-state index contributed by atoms with van der Waals surface area (Å²) in [5.74, 6) is 0. The monoisotopic (exact) mass is 252 g/mol. The molecular weight excluding hydrogens is 240 g/mol. The third-order valence-corrected chi connectivity index (χ3v) is 2.32. The fraction of sp³-hybridized carbons (Fsp3) is 0.167. The van der Waals surface area contributed by atoms with Gasteiger partial charge in [0.25, 0.3) is 0 Å². The van der Waals surface area contributed by atoms with Gasteiger partial charge in [0.1, 0.15) is 0 Å². The molecule has 0 fully saturated rings. The van der Waals surface area contributed by atoms with Crippen molar-refractivity contribution in [3.05, 3.63) is 53.0 Å². The van der Waals surface area contributed by atoms with E-state index in [-0.39, 0.29) is 0 Å². The first-order valence-corrected chi connectivity index (χ1v) is 5.24. The smallest absolute Gasteiger partial charge is 0.0758 e. The average molecular weight is 253 g/mol. The van der Waals surface area contributed by atoms with E-state index in [9.17, 15) is 5.11 Å². The second kappa shape index (κ2) is 5.78. The number of halogens is 1. The molecule has 0 aliphatic heterocycles. The fourth-order valence-electron chi connectivity index (χ4n) is 1.05. The molecule has 1 atom stereocenters. The molecule has 0 radical (unpaired) electrons. The summed E-state index contributed by atoms with van der Waals surface area (Å²) in [6.45, 7) is 3.57. The zero-order valence-corrected chi connectivity index (χ0v) is 9.44. The molecule has 0 saturated heterocycles. The van der Waals surface area contributed by atoms with Gasteiger partial charge in [-0.05, 0) is 24.1 Å². The van der Waals surface area contributed by atoms with Crippen LogP contribution in [0.1, 0.15) is 12.0 Å². The number of rotatable bonds is 4. The zero-order valence-electron chi connectivity index (χ0n) is 7.86. The molecule has 14 heavy (non-hydrogen) atoms. The van der Waals surface area contributed by atoms with Crippen molar-refractivity contribution >= 4 is 22.0 Å². The summed E-state index contributed by atoms with van der Waals surface area (Å²) in [6.07, 6.45) is 5.53. The van der Waals surface area contributed by atoms with Gasteiger partial charge >= 0.3 is 0 Å². The molecule has 0 aliphatic carbocycles. The predicted octanol–water partition coefficient (Wildman–Crippen LogP) is 3.40. The SMILES string of the molecule is C=CC[C@@H](O)/C=C/c1ccc(Br)cc1. The van der Waals surface area contributed by atoms with Crippen LogP contribution in [0.3, 0.4) is 0 Å². The van der Waals surface area contributed by atoms with Crippen LogP contribution < -0.4 is 0 Å². The van der Waals surface area contributed by atoms with Gasteiger partial charge < -0.3 is 5.11 Å². The molecule has 1 aromatic carbocycles. The lowest BCUT2D eigenvalue weighted by molar-refractivity contribution is 0.228. The van der Waals surface area contributed by atoms with Crippen molar-refractivity contribution in [1.29, 1.82) is 0 Å². The highest BCUT2D eigenvalue weighted by atomic mass is 79.9. The summed E-state index contributed by atoms with van der Waals surface area (Å²) in [6, 6.07) is 7.92. The van der Waals surface area contributed by atoms with Crippen LogP contribution in [0.15, 0.2) is 47.5 Å². The molecule has 0 bridgehead atoms. The molecule has 0 aliphatic rings. The Bertz CT molecular complexity index is 314. The Morgan fingerprint density at radius 3 is 2.57 bits per heavy atom. The molecular formula is C12H13BrO. The molecule has 0 aromatic heterocycles. The number of aliphatic hydroxyl groups is 1. The number of aliphatic hydroxyl groups excluding tert-OH is 1. The van der Waals surface area contributed by atoms with Crippen LogP contribution >= 0.6 is 15.9 Å². The Labute approximate surface area is 92.9 Å². The van der Waals surface area contributed by atoms with E-state index in [1.807, 2.05) is 30.3 Å². The highest BCUT2D eigenvalue weighted by Gasteiger charge is 1.94. The van der Waals surface area contributed by atoms with Gasteiger partial charge in [0, 0.05) is 4.47 Å². The molecule has 1 N–H and O–H groups in total. The van der Waals surface area contributed by atoms with E-state index >= 15 is 0 Å². The predicted molar refractivity (Wildman–Crippen MR) is 64.0 cm³/mol. The van der Waals surface area contributed by atoms with Crippen molar-refractivity contribution in [2.75, 3.05) is 0 Å². The van der Waals surface area contributed by atoms with Crippen molar-refractivity contribution in [3.8, 4) is 0 Å². The van der Waals surface area contributed by atoms with Gasteiger partial charge in [-0.15, -0.1) is 6.58 Å². The van der Waals surface area contributed by atoms with Crippen molar-refractivity contribution in [2.45, 2.75) is 12.5 Å². The first-order valence-electron chi connectivity index (χ1n) is 4.45. The summed E-state index contributed by atoms with van der Waals surface area (Å²) in [5.41, 5.74) is 1.08. The summed E-state index contributed by atoms with van der Waals surface area (Å²) in [7, 11) is 0. The molecule has 0 spiro atoms. The minimum atomic E-state index is -0.434. The van der Waals surface area contributed by atoms with Crippen LogP contribution in [0, 0.1) is 0 Å². The molecule has 0 heterocycles. The maximum atomic E-state index is 9.40. The van der Waals surface area contributed by atoms with Crippen LogP contribution in [0.4, 0.5) is 0 Å². The van der Waals surface area contributed by atoms with Gasteiger partial charge in [-0.3, -0.25) is 0 Å². The second-order valence-corrected chi connectivity index (χ2v) is 3.92. The fourth-order valence-corrected chi connectivity index (χ4v) is 1.31. The minimum absolute atomic E-state index is 0.434. The van der Waals surface area contributed by atoms with Crippen molar-refractivity contribution in [1.82, 2.24) is 0 Å². The van der Waals surface area contributed by atoms with Crippen LogP contribution in [-0.4, -0.2) is 11.2 Å². The first kappa shape index (κ1) is 11.2. The van der Waals surface area contributed by atoms with E-state index in [1.54, 1.807) is 12.2 Å². The maximum Gasteiger partial charge on any atom is 0.0758 e. The molecule has 0 saturated carbocycles. The van der Waals surface area contributed by atoms with E-state index in [1.165, 1.54) is 0 Å². The largest absolute Gasteiger partial charge is 0.389 e. The van der Waals surface area contributed by atoms with Crippen LogP contribution in [0.25, 0.3) is 6.08 Å². The van der Waals surface area contributed by atoms with Gasteiger partial charge in [-0.2, -0.15) is 0 Å². The van der Waals surface area contributed by atoms with Gasteiger partial charge in [0.05, 0.1) is 6.10 Å². The van der Waals surface area contributed by atoms with Crippen molar-refractivity contribution in [3.63, 3.8) is 0 Å². The molecule has 0 amide bonds. The van der Waals surface area contributed by atoms with Crippen LogP contribution in [-0.2, 0) is 0 Å². The molecule has 1 nitrogen and oxygen atoms in total. The van der Waals surface area contributed by atoms with Crippen LogP contribution in [0.2, 0.25) is 0 Å². The zero-order chi connectivity index (χ0) is 10.4. The third kappa shape index (κ3) is 3.90. The van der Waals surface area contributed by atoms with Crippen LogP contribution in [0.5, 0.6) is 0 Å². The number of benzene rings is 1. The Kier molecular flexibility index (Phi) is 4.63. The number of hydrogen-bond donors (Lipinski definition) is 1. The Balaban J connectivity index is 2.59. The van der Waals surface area contributed by atoms with E-state index in [4.69, 9.17) is 0 Å². The number of hydrogen-bond acceptors (Lipinski definition) is 1. The molecule has 1 rings (SSSR count). The summed E-state index contributed by atoms with van der Waals surface area (Å²) in [4.78, 5) is 0. The quantitative estimate of drug-likeness (QED) is 0.815. The highest BCUT2D eigenvalue weighted by molar-refractivity contribution is 9.10. The van der Waals surface area contributed by atoms with E-state index < -0.39 is 6.10 Å². The van der Waals surface area contributed by atoms with Crippen molar-refractivity contribution < 1.29 is 5.11 Å². The minimum Gasteiger partial charge on any atom is -0.389 e. The average Bonchev–Trinajstić information content (AvgIpc) is 2.17. The lowest BCUT2D eigenvalue weighted by atomic mass is 10.1. The van der Waals surface area contributed by atoms with Crippen molar-refractivity contribution in [2.24, 2.45) is 0 Å². The van der Waals surface area contributed by atoms with E-state index in [2.05, 4.69) is 22.5 Å². The first-order chi connectivity index (χ1) is 6.72. The summed E-state index contributed by atoms with van der Waals surface area (Å²) in [5, 5.41) is 9.40. The van der Waals surface area contributed by atoms with Gasteiger partial charge in [0.2, 0.25) is 0 Å². The van der Waals surface area contributed by atoms with E-state index in [0.717, 1.165) is 10.0 Å². The van der Waals surface area contributed by atoms with E-state index in [0.29, 0.717) is 6.42 Å². The second-order valence-electron chi connectivity index (χ2n) is 3.00. The van der Waals surface area contributed by atoms with Gasteiger partial charge in [-0.1, -0.05) is 46.3 Å². The molecule has 0 unspecified atom stereocenters. The Hall–Kier alpha value is -0.860. The molecule has 74 valence electrons. The summed E-state index contributed by atoms with van der Waals surface area (Å²) >= 11 is 3.36. The van der Waals surface area contributed by atoms with Gasteiger partial charge in [-0.25, -0.2) is 0 Å². The summed E-state index contributed by atoms with van der Waals surface area (Å²) < 4.78 is 1.06. The topological polar surface area (TPSA) is 20.2 Å². The molecule has 2 heteroatoms. The lowest BCUT2D eigenvalue weighted by Crippen LogP contribution is -1.98. The Morgan fingerprint density at radius 1 is 1.36 bits per heavy atom.